The lowest BCUT2D eigenvalue weighted by molar-refractivity contribution is 0.445. The van der Waals surface area contributed by atoms with E-state index in [0.29, 0.717) is 12.0 Å². The van der Waals surface area contributed by atoms with E-state index >= 15 is 0 Å². The van der Waals surface area contributed by atoms with Gasteiger partial charge in [-0.3, -0.25) is 0 Å². The number of rotatable bonds is 4. The molecule has 1 aromatic carbocycles. The predicted molar refractivity (Wildman–Crippen MR) is 111 cm³/mol. The number of nitrogens with zero attached hydrogens (tertiary/aromatic N) is 6. The van der Waals surface area contributed by atoms with Crippen LogP contribution in [0.4, 0.5) is 15.5 Å². The molecule has 2 aliphatic rings. The first-order chi connectivity index (χ1) is 14.2. The first-order valence-corrected chi connectivity index (χ1v) is 10.9. The van der Waals surface area contributed by atoms with Gasteiger partial charge in [-0.15, -0.1) is 5.10 Å². The lowest BCUT2D eigenvalue weighted by Gasteiger charge is -2.31. The molecule has 0 bridgehead atoms. The first-order valence-electron chi connectivity index (χ1n) is 10.2. The number of aryl methyl sites for hydroxylation is 2. The Morgan fingerprint density at radius 3 is 2.59 bits per heavy atom. The molecular formula is C20H24FN7S. The van der Waals surface area contributed by atoms with Gasteiger partial charge in [-0.1, -0.05) is 12.1 Å². The van der Waals surface area contributed by atoms with Crippen LogP contribution >= 0.6 is 11.5 Å². The summed E-state index contributed by atoms with van der Waals surface area (Å²) in [4.78, 5) is 11.6. The van der Waals surface area contributed by atoms with Crippen LogP contribution in [-0.2, 0) is 6.54 Å². The van der Waals surface area contributed by atoms with E-state index in [0.717, 1.165) is 67.7 Å². The van der Waals surface area contributed by atoms with Gasteiger partial charge < -0.3 is 10.2 Å². The second-order valence-electron chi connectivity index (χ2n) is 7.79. The summed E-state index contributed by atoms with van der Waals surface area (Å²) in [7, 11) is 0. The molecule has 29 heavy (non-hydrogen) atoms. The lowest BCUT2D eigenvalue weighted by Crippen LogP contribution is -2.39. The number of hydrogen-bond acceptors (Lipinski definition) is 7. The van der Waals surface area contributed by atoms with Crippen molar-refractivity contribution in [2.75, 3.05) is 23.3 Å². The van der Waals surface area contributed by atoms with E-state index < -0.39 is 0 Å². The van der Waals surface area contributed by atoms with Crippen molar-refractivity contribution in [1.82, 2.24) is 24.1 Å². The molecule has 7 nitrogen and oxygen atoms in total. The minimum atomic E-state index is -0.205. The second-order valence-corrected chi connectivity index (χ2v) is 8.52. The zero-order valence-electron chi connectivity index (χ0n) is 16.4. The minimum Gasteiger partial charge on any atom is -0.350 e. The Hall–Kier alpha value is -2.55. The number of hydrogen-bond donors (Lipinski definition) is 1. The van der Waals surface area contributed by atoms with E-state index in [2.05, 4.69) is 19.6 Å². The predicted octanol–water partition coefficient (Wildman–Crippen LogP) is 3.58. The van der Waals surface area contributed by atoms with E-state index in [4.69, 9.17) is 10.1 Å². The molecule has 9 heteroatoms. The Bertz CT molecular complexity index is 975. The lowest BCUT2D eigenvalue weighted by atomic mass is 9.91. The molecule has 1 unspecified atom stereocenters. The molecule has 3 aromatic rings. The fourth-order valence-corrected chi connectivity index (χ4v) is 4.96. The minimum absolute atomic E-state index is 0.176. The number of anilines is 2. The summed E-state index contributed by atoms with van der Waals surface area (Å²) in [6, 6.07) is 7.13. The zero-order chi connectivity index (χ0) is 19.8. The van der Waals surface area contributed by atoms with Crippen LogP contribution in [0.2, 0.25) is 0 Å². The molecule has 1 fully saturated rings. The molecule has 4 heterocycles. The van der Waals surface area contributed by atoms with Gasteiger partial charge in [0, 0.05) is 43.1 Å². The Kier molecular flexibility index (Phi) is 4.91. The van der Waals surface area contributed by atoms with Crippen LogP contribution in [-0.4, -0.2) is 43.3 Å². The summed E-state index contributed by atoms with van der Waals surface area (Å²) in [5, 5.41) is 9.25. The topological polar surface area (TPSA) is 71.8 Å². The summed E-state index contributed by atoms with van der Waals surface area (Å²) in [6.07, 6.45) is 4.11. The molecule has 1 N–H and O–H groups in total. The maximum atomic E-state index is 13.3. The molecule has 0 amide bonds. The van der Waals surface area contributed by atoms with Gasteiger partial charge in [0.1, 0.15) is 17.5 Å². The SMILES string of the molecule is Cc1nsc(N2CCC(Nc3nc4n(n3)CCCC4c3ccc(F)cc3)CC2)n1. The van der Waals surface area contributed by atoms with E-state index in [-0.39, 0.29) is 11.7 Å². The van der Waals surface area contributed by atoms with Gasteiger partial charge in [-0.2, -0.15) is 9.36 Å². The van der Waals surface area contributed by atoms with E-state index in [1.807, 2.05) is 23.7 Å². The molecule has 2 aliphatic heterocycles. The normalized spacial score (nSPS) is 19.9. The summed E-state index contributed by atoms with van der Waals surface area (Å²) < 4.78 is 19.6. The van der Waals surface area contributed by atoms with E-state index in [1.165, 1.54) is 23.7 Å². The zero-order valence-corrected chi connectivity index (χ0v) is 17.2. The van der Waals surface area contributed by atoms with Gasteiger partial charge in [0.2, 0.25) is 11.1 Å². The Labute approximate surface area is 173 Å². The number of benzene rings is 1. The fraction of sp³-hybridized carbons (Fsp3) is 0.500. The van der Waals surface area contributed by atoms with Crippen LogP contribution in [0.15, 0.2) is 24.3 Å². The quantitative estimate of drug-likeness (QED) is 0.705. The average molecular weight is 414 g/mol. The highest BCUT2D eigenvalue weighted by Gasteiger charge is 2.27. The van der Waals surface area contributed by atoms with Crippen molar-refractivity contribution in [2.45, 2.75) is 51.1 Å². The van der Waals surface area contributed by atoms with Crippen LogP contribution in [0, 0.1) is 12.7 Å². The number of fused-ring (bicyclic) bond motifs is 1. The van der Waals surface area contributed by atoms with Gasteiger partial charge in [0.05, 0.1) is 0 Å². The number of aromatic nitrogens is 5. The molecule has 5 rings (SSSR count). The standard InChI is InChI=1S/C20H24FN7S/c1-13-22-20(29-26-13)27-11-8-16(9-12-27)23-19-24-18-17(3-2-10-28(18)25-19)14-4-6-15(21)7-5-14/h4-7,16-17H,2-3,8-12H2,1H3,(H,23,25). The smallest absolute Gasteiger partial charge is 0.242 e. The second kappa shape index (κ2) is 7.70. The summed E-state index contributed by atoms with van der Waals surface area (Å²) in [6.45, 7) is 4.73. The Morgan fingerprint density at radius 1 is 1.07 bits per heavy atom. The molecule has 152 valence electrons. The van der Waals surface area contributed by atoms with Crippen molar-refractivity contribution in [1.29, 1.82) is 0 Å². The maximum Gasteiger partial charge on any atom is 0.242 e. The van der Waals surface area contributed by atoms with Crippen molar-refractivity contribution in [3.05, 3.63) is 47.3 Å². The van der Waals surface area contributed by atoms with Crippen LogP contribution in [0.25, 0.3) is 0 Å². The van der Waals surface area contributed by atoms with Crippen LogP contribution in [0.1, 0.15) is 48.8 Å². The highest BCUT2D eigenvalue weighted by atomic mass is 32.1. The molecule has 1 atom stereocenters. The van der Waals surface area contributed by atoms with Crippen molar-refractivity contribution < 1.29 is 4.39 Å². The van der Waals surface area contributed by atoms with Gasteiger partial charge in [-0.25, -0.2) is 14.1 Å². The molecule has 0 saturated carbocycles. The highest BCUT2D eigenvalue weighted by molar-refractivity contribution is 7.09. The van der Waals surface area contributed by atoms with Crippen molar-refractivity contribution in [3.8, 4) is 0 Å². The van der Waals surface area contributed by atoms with Gasteiger partial charge in [0.15, 0.2) is 0 Å². The van der Waals surface area contributed by atoms with Crippen LogP contribution in [0.3, 0.4) is 0 Å². The maximum absolute atomic E-state index is 13.3. The number of nitrogens with one attached hydrogen (secondary N) is 1. The third-order valence-electron chi connectivity index (χ3n) is 5.76. The summed E-state index contributed by atoms with van der Waals surface area (Å²) in [5.41, 5.74) is 1.10. The van der Waals surface area contributed by atoms with Gasteiger partial charge in [0.25, 0.3) is 0 Å². The molecular weight excluding hydrogens is 389 g/mol. The Morgan fingerprint density at radius 2 is 1.86 bits per heavy atom. The van der Waals surface area contributed by atoms with Crippen molar-refractivity contribution in [2.24, 2.45) is 0 Å². The van der Waals surface area contributed by atoms with Crippen molar-refractivity contribution >= 4 is 22.6 Å². The molecule has 0 aliphatic carbocycles. The van der Waals surface area contributed by atoms with Crippen molar-refractivity contribution in [3.63, 3.8) is 0 Å². The number of halogens is 1. The average Bonchev–Trinajstić information content (AvgIpc) is 3.35. The molecule has 1 saturated heterocycles. The fourth-order valence-electron chi connectivity index (χ4n) is 4.24. The largest absolute Gasteiger partial charge is 0.350 e. The molecule has 0 radical (unpaired) electrons. The van der Waals surface area contributed by atoms with Gasteiger partial charge >= 0.3 is 0 Å². The Balaban J connectivity index is 1.26. The van der Waals surface area contributed by atoms with Crippen LogP contribution in [0.5, 0.6) is 0 Å². The number of piperidine rings is 1. The highest BCUT2D eigenvalue weighted by Crippen LogP contribution is 2.33. The monoisotopic (exact) mass is 413 g/mol. The van der Waals surface area contributed by atoms with E-state index in [1.54, 1.807) is 0 Å². The summed E-state index contributed by atoms with van der Waals surface area (Å²) >= 11 is 1.47. The molecule has 0 spiro atoms. The van der Waals surface area contributed by atoms with Crippen LogP contribution < -0.4 is 10.2 Å². The summed E-state index contributed by atoms with van der Waals surface area (Å²) in [5.74, 6) is 2.50. The first kappa shape index (κ1) is 18.5. The van der Waals surface area contributed by atoms with E-state index in [9.17, 15) is 4.39 Å². The third kappa shape index (κ3) is 3.83. The third-order valence-corrected chi connectivity index (χ3v) is 6.63. The molecule has 2 aromatic heterocycles. The van der Waals surface area contributed by atoms with Gasteiger partial charge in [-0.05, 0) is 50.3 Å².